The number of aromatic nitrogens is 3. The molecule has 0 aliphatic rings. The lowest BCUT2D eigenvalue weighted by atomic mass is 10.4. The van der Waals surface area contributed by atoms with E-state index in [2.05, 4.69) is 20.0 Å². The summed E-state index contributed by atoms with van der Waals surface area (Å²) < 4.78 is 28.5. The molecule has 0 atom stereocenters. The van der Waals surface area contributed by atoms with Gasteiger partial charge in [-0.1, -0.05) is 0 Å². The Balaban J connectivity index is 2.08. The zero-order valence-electron chi connectivity index (χ0n) is 11.4. The highest BCUT2D eigenvalue weighted by atomic mass is 32.2. The van der Waals surface area contributed by atoms with Gasteiger partial charge in [0.1, 0.15) is 16.5 Å². The molecule has 20 heavy (non-hydrogen) atoms. The van der Waals surface area contributed by atoms with Gasteiger partial charge >= 0.3 is 0 Å². The molecular weight excluding hydrogens is 278 g/mol. The monoisotopic (exact) mass is 295 g/mol. The Labute approximate surface area is 118 Å². The summed E-state index contributed by atoms with van der Waals surface area (Å²) >= 11 is 0. The normalized spacial score (nSPS) is 11.5. The SMILES string of the molecule is CCNc1ccc(S(=O)(=O)NCc2nccn2C)cn1. The van der Waals surface area contributed by atoms with E-state index in [0.717, 1.165) is 6.54 Å². The average molecular weight is 295 g/mol. The minimum atomic E-state index is -3.58. The van der Waals surface area contributed by atoms with Gasteiger partial charge in [0.05, 0.1) is 6.54 Å². The molecule has 0 spiro atoms. The molecule has 8 heteroatoms. The van der Waals surface area contributed by atoms with E-state index in [9.17, 15) is 8.42 Å². The van der Waals surface area contributed by atoms with Crippen molar-refractivity contribution < 1.29 is 8.42 Å². The van der Waals surface area contributed by atoms with Gasteiger partial charge in [-0.25, -0.2) is 23.1 Å². The van der Waals surface area contributed by atoms with E-state index < -0.39 is 10.0 Å². The van der Waals surface area contributed by atoms with Crippen LogP contribution in [-0.2, 0) is 23.6 Å². The molecule has 2 heterocycles. The van der Waals surface area contributed by atoms with Crippen LogP contribution in [0, 0.1) is 0 Å². The van der Waals surface area contributed by atoms with Gasteiger partial charge in [-0.3, -0.25) is 0 Å². The number of rotatable bonds is 6. The molecule has 2 aromatic heterocycles. The van der Waals surface area contributed by atoms with Crippen molar-refractivity contribution in [1.29, 1.82) is 0 Å². The van der Waals surface area contributed by atoms with Crippen LogP contribution in [0.4, 0.5) is 5.82 Å². The lowest BCUT2D eigenvalue weighted by Gasteiger charge is -2.07. The summed E-state index contributed by atoms with van der Waals surface area (Å²) in [6.45, 7) is 2.82. The van der Waals surface area contributed by atoms with E-state index in [1.165, 1.54) is 12.3 Å². The first-order valence-electron chi connectivity index (χ1n) is 6.18. The molecule has 0 aliphatic carbocycles. The van der Waals surface area contributed by atoms with Gasteiger partial charge in [0.25, 0.3) is 0 Å². The Bertz CT molecular complexity index is 663. The van der Waals surface area contributed by atoms with E-state index in [1.807, 2.05) is 14.0 Å². The molecule has 0 saturated heterocycles. The Morgan fingerprint density at radius 1 is 1.30 bits per heavy atom. The van der Waals surface area contributed by atoms with Gasteiger partial charge in [-0.05, 0) is 19.1 Å². The number of sulfonamides is 1. The van der Waals surface area contributed by atoms with Crippen LogP contribution in [0.2, 0.25) is 0 Å². The number of aryl methyl sites for hydroxylation is 1. The standard InChI is InChI=1S/C12H17N5O2S/c1-3-13-11-5-4-10(8-15-11)20(18,19)16-9-12-14-6-7-17(12)2/h4-8,16H,3,9H2,1-2H3,(H,13,15). The van der Waals surface area contributed by atoms with Crippen LogP contribution in [-0.4, -0.2) is 29.5 Å². The van der Waals surface area contributed by atoms with Crippen molar-refractivity contribution in [2.45, 2.75) is 18.4 Å². The van der Waals surface area contributed by atoms with Crippen molar-refractivity contribution in [1.82, 2.24) is 19.3 Å². The van der Waals surface area contributed by atoms with Crippen molar-refractivity contribution in [2.75, 3.05) is 11.9 Å². The highest BCUT2D eigenvalue weighted by molar-refractivity contribution is 7.89. The summed E-state index contributed by atoms with van der Waals surface area (Å²) in [4.78, 5) is 8.24. The lowest BCUT2D eigenvalue weighted by Crippen LogP contribution is -2.24. The van der Waals surface area contributed by atoms with Crippen LogP contribution >= 0.6 is 0 Å². The summed E-state index contributed by atoms with van der Waals surface area (Å²) in [5, 5.41) is 3.01. The summed E-state index contributed by atoms with van der Waals surface area (Å²) in [5.74, 6) is 1.29. The van der Waals surface area contributed by atoms with E-state index >= 15 is 0 Å². The van der Waals surface area contributed by atoms with Crippen LogP contribution < -0.4 is 10.0 Å². The van der Waals surface area contributed by atoms with Crippen molar-refractivity contribution in [3.8, 4) is 0 Å². The topological polar surface area (TPSA) is 88.9 Å². The number of pyridine rings is 1. The lowest BCUT2D eigenvalue weighted by molar-refractivity contribution is 0.577. The predicted molar refractivity (Wildman–Crippen MR) is 75.6 cm³/mol. The van der Waals surface area contributed by atoms with Crippen molar-refractivity contribution in [2.24, 2.45) is 7.05 Å². The summed E-state index contributed by atoms with van der Waals surface area (Å²) in [6, 6.07) is 3.16. The van der Waals surface area contributed by atoms with E-state index in [-0.39, 0.29) is 11.4 Å². The zero-order chi connectivity index (χ0) is 14.6. The number of anilines is 1. The van der Waals surface area contributed by atoms with E-state index in [0.29, 0.717) is 11.6 Å². The largest absolute Gasteiger partial charge is 0.370 e. The van der Waals surface area contributed by atoms with Crippen molar-refractivity contribution >= 4 is 15.8 Å². The maximum Gasteiger partial charge on any atom is 0.242 e. The number of nitrogens with one attached hydrogen (secondary N) is 2. The maximum atomic E-state index is 12.1. The molecule has 7 nitrogen and oxygen atoms in total. The highest BCUT2D eigenvalue weighted by Gasteiger charge is 2.15. The molecule has 2 aromatic rings. The summed E-state index contributed by atoms with van der Waals surface area (Å²) in [5.41, 5.74) is 0. The second-order valence-corrected chi connectivity index (χ2v) is 5.96. The number of hydrogen-bond donors (Lipinski definition) is 2. The van der Waals surface area contributed by atoms with Gasteiger partial charge < -0.3 is 9.88 Å². The van der Waals surface area contributed by atoms with Crippen molar-refractivity contribution in [3.63, 3.8) is 0 Å². The zero-order valence-corrected chi connectivity index (χ0v) is 12.2. The van der Waals surface area contributed by atoms with Crippen LogP contribution in [0.3, 0.4) is 0 Å². The van der Waals surface area contributed by atoms with Crippen LogP contribution in [0.5, 0.6) is 0 Å². The van der Waals surface area contributed by atoms with Crippen LogP contribution in [0.15, 0.2) is 35.6 Å². The van der Waals surface area contributed by atoms with E-state index in [4.69, 9.17) is 0 Å². The first-order chi connectivity index (χ1) is 9.53. The second-order valence-electron chi connectivity index (χ2n) is 4.19. The second kappa shape index (κ2) is 6.02. The molecule has 0 bridgehead atoms. The molecule has 0 unspecified atom stereocenters. The Hall–Kier alpha value is -1.93. The van der Waals surface area contributed by atoms with Gasteiger partial charge in [0.2, 0.25) is 10.0 Å². The fourth-order valence-electron chi connectivity index (χ4n) is 1.63. The van der Waals surface area contributed by atoms with Crippen molar-refractivity contribution in [3.05, 3.63) is 36.5 Å². The third kappa shape index (κ3) is 3.34. The molecule has 0 aliphatic heterocycles. The molecular formula is C12H17N5O2S. The van der Waals surface area contributed by atoms with Gasteiger partial charge in [-0.15, -0.1) is 0 Å². The smallest absolute Gasteiger partial charge is 0.242 e. The van der Waals surface area contributed by atoms with Crippen LogP contribution in [0.25, 0.3) is 0 Å². The highest BCUT2D eigenvalue weighted by Crippen LogP contribution is 2.10. The predicted octanol–water partition coefficient (Wildman–Crippen LogP) is 0.725. The minimum Gasteiger partial charge on any atom is -0.370 e. The number of nitrogens with zero attached hydrogens (tertiary/aromatic N) is 3. The first kappa shape index (κ1) is 14.5. The minimum absolute atomic E-state index is 0.133. The Morgan fingerprint density at radius 3 is 2.65 bits per heavy atom. The molecule has 2 N–H and O–H groups in total. The van der Waals surface area contributed by atoms with Crippen LogP contribution in [0.1, 0.15) is 12.7 Å². The maximum absolute atomic E-state index is 12.1. The van der Waals surface area contributed by atoms with Gasteiger partial charge in [0.15, 0.2) is 0 Å². The molecule has 0 aromatic carbocycles. The molecule has 0 radical (unpaired) electrons. The van der Waals surface area contributed by atoms with E-state index in [1.54, 1.807) is 23.0 Å². The third-order valence-electron chi connectivity index (χ3n) is 2.75. The fraction of sp³-hybridized carbons (Fsp3) is 0.333. The molecule has 0 fully saturated rings. The Morgan fingerprint density at radius 2 is 2.10 bits per heavy atom. The summed E-state index contributed by atoms with van der Waals surface area (Å²) in [7, 11) is -1.77. The quantitative estimate of drug-likeness (QED) is 0.820. The van der Waals surface area contributed by atoms with Gasteiger partial charge in [0, 0.05) is 32.2 Å². The first-order valence-corrected chi connectivity index (χ1v) is 7.67. The molecule has 108 valence electrons. The Kier molecular flexibility index (Phi) is 4.35. The third-order valence-corrected chi connectivity index (χ3v) is 4.13. The molecule has 0 saturated carbocycles. The molecule has 0 amide bonds. The number of hydrogen-bond acceptors (Lipinski definition) is 5. The fourth-order valence-corrected chi connectivity index (χ4v) is 2.56. The average Bonchev–Trinajstić information content (AvgIpc) is 2.83. The van der Waals surface area contributed by atoms with Gasteiger partial charge in [-0.2, -0.15) is 0 Å². The molecule has 2 rings (SSSR count). The summed E-state index contributed by atoms with van der Waals surface area (Å²) in [6.07, 6.45) is 4.71. The number of imidazole rings is 1.